The lowest BCUT2D eigenvalue weighted by Gasteiger charge is -2.08. The van der Waals surface area contributed by atoms with E-state index in [4.69, 9.17) is 9.47 Å². The van der Waals surface area contributed by atoms with E-state index in [-0.39, 0.29) is 5.97 Å². The summed E-state index contributed by atoms with van der Waals surface area (Å²) in [6.07, 6.45) is 2.78. The normalized spacial score (nSPS) is 11.3. The number of esters is 1. The predicted octanol–water partition coefficient (Wildman–Crippen LogP) is 4.05. The first kappa shape index (κ1) is 16.0. The van der Waals surface area contributed by atoms with Crippen LogP contribution in [-0.4, -0.2) is 19.2 Å². The molecule has 0 heterocycles. The Labute approximate surface area is 128 Å². The largest absolute Gasteiger partial charge is 0.492 e. The van der Waals surface area contributed by atoms with Crippen LogP contribution in [0.15, 0.2) is 23.8 Å². The lowest BCUT2D eigenvalue weighted by molar-refractivity contribution is -0.138. The van der Waals surface area contributed by atoms with Crippen molar-refractivity contribution in [2.45, 2.75) is 27.2 Å². The van der Waals surface area contributed by atoms with E-state index in [1.165, 1.54) is 0 Å². The van der Waals surface area contributed by atoms with Crippen LogP contribution in [0.1, 0.15) is 32.8 Å². The van der Waals surface area contributed by atoms with Gasteiger partial charge in [-0.15, -0.1) is 0 Å². The van der Waals surface area contributed by atoms with E-state index in [9.17, 15) is 4.79 Å². The summed E-state index contributed by atoms with van der Waals surface area (Å²) in [7, 11) is 0. The van der Waals surface area contributed by atoms with E-state index >= 15 is 0 Å². The molecule has 19 heavy (non-hydrogen) atoms. The first-order chi connectivity index (χ1) is 9.08. The molecule has 1 rings (SSSR count). The van der Waals surface area contributed by atoms with E-state index in [1.54, 1.807) is 13.8 Å². The first-order valence-corrected chi connectivity index (χ1v) is 7.44. The van der Waals surface area contributed by atoms with Gasteiger partial charge in [0.2, 0.25) is 0 Å². The van der Waals surface area contributed by atoms with Gasteiger partial charge in [0.15, 0.2) is 0 Å². The Morgan fingerprint density at radius 3 is 2.74 bits per heavy atom. The maximum absolute atomic E-state index is 11.5. The van der Waals surface area contributed by atoms with Crippen molar-refractivity contribution in [3.63, 3.8) is 0 Å². The second-order valence-corrected chi connectivity index (χ2v) is 5.25. The third-order valence-corrected chi connectivity index (χ3v) is 3.29. The number of hydrogen-bond acceptors (Lipinski definition) is 3. The van der Waals surface area contributed by atoms with Crippen LogP contribution < -0.4 is 4.74 Å². The molecule has 0 aromatic heterocycles. The third kappa shape index (κ3) is 5.22. The average molecular weight is 374 g/mol. The van der Waals surface area contributed by atoms with Crippen LogP contribution in [0.5, 0.6) is 5.75 Å². The minimum atomic E-state index is -0.280. The number of carbonyl (C=O) groups is 1. The zero-order valence-electron chi connectivity index (χ0n) is 11.5. The van der Waals surface area contributed by atoms with Crippen molar-refractivity contribution in [1.29, 1.82) is 0 Å². The van der Waals surface area contributed by atoms with Gasteiger partial charge in [-0.3, -0.25) is 0 Å². The van der Waals surface area contributed by atoms with Crippen LogP contribution in [0, 0.1) is 3.57 Å². The van der Waals surface area contributed by atoms with Crippen LogP contribution in [0.4, 0.5) is 0 Å². The maximum atomic E-state index is 11.5. The fourth-order valence-electron chi connectivity index (χ4n) is 1.49. The highest BCUT2D eigenvalue weighted by molar-refractivity contribution is 14.1. The van der Waals surface area contributed by atoms with Crippen molar-refractivity contribution in [3.05, 3.63) is 32.9 Å². The van der Waals surface area contributed by atoms with Gasteiger partial charge in [-0.25, -0.2) is 4.79 Å². The van der Waals surface area contributed by atoms with Gasteiger partial charge in [0.1, 0.15) is 5.75 Å². The minimum Gasteiger partial charge on any atom is -0.492 e. The molecule has 4 heteroatoms. The first-order valence-electron chi connectivity index (χ1n) is 6.36. The molecule has 3 nitrogen and oxygen atoms in total. The molecule has 0 aliphatic rings. The van der Waals surface area contributed by atoms with Gasteiger partial charge in [0.25, 0.3) is 0 Å². The lowest BCUT2D eigenvalue weighted by atomic mass is 10.1. The summed E-state index contributed by atoms with van der Waals surface area (Å²) in [5.74, 6) is 0.574. The molecule has 0 atom stereocenters. The van der Waals surface area contributed by atoms with Gasteiger partial charge in [-0.2, -0.15) is 0 Å². The van der Waals surface area contributed by atoms with Crippen LogP contribution in [0.2, 0.25) is 0 Å². The lowest BCUT2D eigenvalue weighted by Crippen LogP contribution is -2.04. The van der Waals surface area contributed by atoms with Crippen LogP contribution in [-0.2, 0) is 9.53 Å². The molecule has 0 N–H and O–H groups in total. The summed E-state index contributed by atoms with van der Waals surface area (Å²) in [4.78, 5) is 11.5. The van der Waals surface area contributed by atoms with E-state index in [0.717, 1.165) is 21.3 Å². The smallest absolute Gasteiger partial charge is 0.333 e. The van der Waals surface area contributed by atoms with Crippen LogP contribution in [0.25, 0.3) is 6.08 Å². The Morgan fingerprint density at radius 1 is 1.37 bits per heavy atom. The highest BCUT2D eigenvalue weighted by atomic mass is 127. The van der Waals surface area contributed by atoms with Gasteiger partial charge >= 0.3 is 5.97 Å². The predicted molar refractivity (Wildman–Crippen MR) is 85.2 cm³/mol. The number of benzene rings is 1. The van der Waals surface area contributed by atoms with Gasteiger partial charge in [-0.05, 0) is 66.6 Å². The number of hydrogen-bond donors (Lipinski definition) is 0. The zero-order valence-corrected chi connectivity index (χ0v) is 13.7. The van der Waals surface area contributed by atoms with E-state index in [1.807, 2.05) is 24.3 Å². The summed E-state index contributed by atoms with van der Waals surface area (Å²) in [6, 6.07) is 5.89. The van der Waals surface area contributed by atoms with E-state index in [0.29, 0.717) is 18.8 Å². The van der Waals surface area contributed by atoms with Crippen molar-refractivity contribution >= 4 is 34.6 Å². The van der Waals surface area contributed by atoms with Gasteiger partial charge in [-0.1, -0.05) is 13.0 Å². The standard InChI is InChI=1S/C15H19IO3/c1-4-8-19-14-10-12(6-7-13(14)16)9-11(3)15(17)18-5-2/h6-7,9-10H,4-5,8H2,1-3H3. The quantitative estimate of drug-likeness (QED) is 0.428. The molecule has 0 amide bonds. The van der Waals surface area contributed by atoms with E-state index in [2.05, 4.69) is 29.5 Å². The number of halogens is 1. The van der Waals surface area contributed by atoms with Crippen LogP contribution >= 0.6 is 22.6 Å². The monoisotopic (exact) mass is 374 g/mol. The van der Waals surface area contributed by atoms with Gasteiger partial charge in [0, 0.05) is 5.57 Å². The molecule has 0 fully saturated rings. The molecule has 0 unspecified atom stereocenters. The SMILES string of the molecule is CCCOc1cc(C=C(C)C(=O)OCC)ccc1I. The zero-order chi connectivity index (χ0) is 14.3. The Hall–Kier alpha value is -1.04. The molecule has 0 saturated carbocycles. The summed E-state index contributed by atoms with van der Waals surface area (Å²) < 4.78 is 11.7. The average Bonchev–Trinajstić information content (AvgIpc) is 2.39. The molecular weight excluding hydrogens is 355 g/mol. The molecule has 0 spiro atoms. The third-order valence-electron chi connectivity index (χ3n) is 2.40. The van der Waals surface area contributed by atoms with Crippen molar-refractivity contribution in [1.82, 2.24) is 0 Å². The highest BCUT2D eigenvalue weighted by Crippen LogP contribution is 2.24. The Kier molecular flexibility index (Phi) is 6.91. The van der Waals surface area contributed by atoms with Crippen LogP contribution in [0.3, 0.4) is 0 Å². The molecule has 0 bridgehead atoms. The Balaban J connectivity index is 2.89. The summed E-state index contributed by atoms with van der Waals surface area (Å²) in [6.45, 7) is 6.71. The Morgan fingerprint density at radius 2 is 2.11 bits per heavy atom. The van der Waals surface area contributed by atoms with Gasteiger partial charge < -0.3 is 9.47 Å². The summed E-state index contributed by atoms with van der Waals surface area (Å²) in [5.41, 5.74) is 1.53. The summed E-state index contributed by atoms with van der Waals surface area (Å²) in [5, 5.41) is 0. The fourth-order valence-corrected chi connectivity index (χ4v) is 1.98. The highest BCUT2D eigenvalue weighted by Gasteiger charge is 2.06. The van der Waals surface area contributed by atoms with Crippen molar-refractivity contribution in [2.75, 3.05) is 13.2 Å². The molecule has 104 valence electrons. The molecule has 1 aromatic carbocycles. The summed E-state index contributed by atoms with van der Waals surface area (Å²) >= 11 is 2.24. The molecule has 0 saturated heterocycles. The second-order valence-electron chi connectivity index (χ2n) is 4.09. The number of rotatable bonds is 6. The maximum Gasteiger partial charge on any atom is 0.333 e. The molecule has 0 radical (unpaired) electrons. The van der Waals surface area contributed by atoms with Gasteiger partial charge in [0.05, 0.1) is 16.8 Å². The molecule has 0 aliphatic heterocycles. The minimum absolute atomic E-state index is 0.280. The van der Waals surface area contributed by atoms with E-state index < -0.39 is 0 Å². The van der Waals surface area contributed by atoms with Crippen molar-refractivity contribution < 1.29 is 14.3 Å². The van der Waals surface area contributed by atoms with Crippen molar-refractivity contribution in [3.8, 4) is 5.75 Å². The molecular formula is C15H19IO3. The Bertz CT molecular complexity index is 466. The molecule has 1 aromatic rings. The molecule has 0 aliphatic carbocycles. The number of carbonyl (C=O) groups excluding carboxylic acids is 1. The topological polar surface area (TPSA) is 35.5 Å². The second kappa shape index (κ2) is 8.19. The fraction of sp³-hybridized carbons (Fsp3) is 0.400. The van der Waals surface area contributed by atoms with Crippen molar-refractivity contribution in [2.24, 2.45) is 0 Å². The number of ether oxygens (including phenoxy) is 2.